The van der Waals surface area contributed by atoms with E-state index in [4.69, 9.17) is 5.41 Å². The van der Waals surface area contributed by atoms with E-state index in [2.05, 4.69) is 15.9 Å². The third kappa shape index (κ3) is 2.22. The lowest BCUT2D eigenvalue weighted by Gasteiger charge is -2.06. The molecule has 1 nitrogen and oxygen atoms in total. The molecule has 0 unspecified atom stereocenters. The molecule has 0 saturated heterocycles. The fourth-order valence-corrected chi connectivity index (χ4v) is 2.02. The zero-order chi connectivity index (χ0) is 11.5. The van der Waals surface area contributed by atoms with Crippen LogP contribution in [0.1, 0.15) is 16.7 Å². The largest absolute Gasteiger partial charge is 0.300 e. The molecule has 0 radical (unpaired) electrons. The molecule has 0 spiro atoms. The number of aryl methyl sites for hydroxylation is 1. The molecule has 1 N–H and O–H groups in total. The van der Waals surface area contributed by atoms with Gasteiger partial charge in [0.25, 0.3) is 0 Å². The fraction of sp³-hybridized carbons (Fsp3) is 0.0714. The first-order valence-corrected chi connectivity index (χ1v) is 5.88. The van der Waals surface area contributed by atoms with Crippen molar-refractivity contribution in [1.82, 2.24) is 0 Å². The standard InChI is InChI=1S/C14H12BrN/c1-10-6-8-11(9-7-10)14(16)12-4-2-3-5-13(12)15/h2-9,16H,1H3. The predicted octanol–water partition coefficient (Wildman–Crippen LogP) is 4.17. The van der Waals surface area contributed by atoms with Gasteiger partial charge in [0.15, 0.2) is 0 Å². The summed E-state index contributed by atoms with van der Waals surface area (Å²) in [5, 5.41) is 8.15. The Kier molecular flexibility index (Phi) is 3.20. The Hall–Kier alpha value is -1.41. The molecule has 0 atom stereocenters. The van der Waals surface area contributed by atoms with Crippen molar-refractivity contribution in [2.45, 2.75) is 6.92 Å². The highest BCUT2D eigenvalue weighted by Gasteiger charge is 2.07. The van der Waals surface area contributed by atoms with Crippen LogP contribution in [0.5, 0.6) is 0 Å². The first-order chi connectivity index (χ1) is 7.68. The molecule has 2 aromatic rings. The van der Waals surface area contributed by atoms with Crippen molar-refractivity contribution in [3.63, 3.8) is 0 Å². The van der Waals surface area contributed by atoms with E-state index < -0.39 is 0 Å². The number of nitrogens with one attached hydrogen (secondary N) is 1. The van der Waals surface area contributed by atoms with E-state index in [1.807, 2.05) is 55.5 Å². The van der Waals surface area contributed by atoms with Gasteiger partial charge in [0.05, 0.1) is 5.71 Å². The molecule has 0 aliphatic heterocycles. The molecule has 0 heterocycles. The summed E-state index contributed by atoms with van der Waals surface area (Å²) in [4.78, 5) is 0. The van der Waals surface area contributed by atoms with Gasteiger partial charge in [-0.2, -0.15) is 0 Å². The van der Waals surface area contributed by atoms with Crippen molar-refractivity contribution in [1.29, 1.82) is 5.41 Å². The van der Waals surface area contributed by atoms with Crippen LogP contribution in [0.15, 0.2) is 53.0 Å². The molecule has 2 aromatic carbocycles. The average molecular weight is 274 g/mol. The lowest BCUT2D eigenvalue weighted by molar-refractivity contribution is 1.41. The van der Waals surface area contributed by atoms with Crippen molar-refractivity contribution in [2.75, 3.05) is 0 Å². The second kappa shape index (κ2) is 4.62. The summed E-state index contributed by atoms with van der Waals surface area (Å²) in [5.74, 6) is 0. The third-order valence-corrected chi connectivity index (χ3v) is 3.17. The molecule has 0 amide bonds. The summed E-state index contributed by atoms with van der Waals surface area (Å²) in [5.41, 5.74) is 3.63. The van der Waals surface area contributed by atoms with Crippen LogP contribution in [-0.2, 0) is 0 Å². The molecule has 16 heavy (non-hydrogen) atoms. The number of rotatable bonds is 2. The zero-order valence-corrected chi connectivity index (χ0v) is 10.6. The van der Waals surface area contributed by atoms with Crippen LogP contribution >= 0.6 is 15.9 Å². The maximum absolute atomic E-state index is 8.15. The Labute approximate surface area is 104 Å². The van der Waals surface area contributed by atoms with Gasteiger partial charge < -0.3 is 0 Å². The van der Waals surface area contributed by atoms with E-state index in [1.54, 1.807) is 0 Å². The van der Waals surface area contributed by atoms with Crippen LogP contribution in [0.2, 0.25) is 0 Å². The average Bonchev–Trinajstić information content (AvgIpc) is 2.30. The number of hydrogen-bond donors (Lipinski definition) is 1. The minimum Gasteiger partial charge on any atom is -0.300 e. The Morgan fingerprint density at radius 2 is 1.62 bits per heavy atom. The van der Waals surface area contributed by atoms with Crippen LogP contribution in [0.3, 0.4) is 0 Å². The highest BCUT2D eigenvalue weighted by Crippen LogP contribution is 2.19. The third-order valence-electron chi connectivity index (χ3n) is 2.48. The van der Waals surface area contributed by atoms with Crippen molar-refractivity contribution in [3.05, 3.63) is 69.7 Å². The van der Waals surface area contributed by atoms with E-state index in [1.165, 1.54) is 5.56 Å². The van der Waals surface area contributed by atoms with Crippen LogP contribution in [0.4, 0.5) is 0 Å². The minimum absolute atomic E-state index is 0.549. The van der Waals surface area contributed by atoms with Crippen LogP contribution in [-0.4, -0.2) is 5.71 Å². The van der Waals surface area contributed by atoms with Crippen molar-refractivity contribution >= 4 is 21.6 Å². The van der Waals surface area contributed by atoms with Gasteiger partial charge in [0, 0.05) is 15.6 Å². The van der Waals surface area contributed by atoms with Gasteiger partial charge in [-0.15, -0.1) is 0 Å². The predicted molar refractivity (Wildman–Crippen MR) is 71.3 cm³/mol. The molecule has 0 fully saturated rings. The SMILES string of the molecule is Cc1ccc(C(=N)c2ccccc2Br)cc1. The summed E-state index contributed by atoms with van der Waals surface area (Å²) < 4.78 is 0.959. The van der Waals surface area contributed by atoms with Crippen molar-refractivity contribution < 1.29 is 0 Å². The van der Waals surface area contributed by atoms with E-state index in [9.17, 15) is 0 Å². The van der Waals surface area contributed by atoms with Gasteiger partial charge in [0.1, 0.15) is 0 Å². The minimum atomic E-state index is 0.549. The van der Waals surface area contributed by atoms with Gasteiger partial charge in [-0.25, -0.2) is 0 Å². The summed E-state index contributed by atoms with van der Waals surface area (Å²) >= 11 is 3.47. The fourth-order valence-electron chi connectivity index (χ4n) is 1.54. The van der Waals surface area contributed by atoms with Gasteiger partial charge in [0.2, 0.25) is 0 Å². The summed E-state index contributed by atoms with van der Waals surface area (Å²) in [7, 11) is 0. The first kappa shape index (κ1) is 11.1. The van der Waals surface area contributed by atoms with Gasteiger partial charge >= 0.3 is 0 Å². The van der Waals surface area contributed by atoms with Crippen LogP contribution in [0, 0.1) is 12.3 Å². The second-order valence-electron chi connectivity index (χ2n) is 3.72. The Bertz CT molecular complexity index is 515. The molecular weight excluding hydrogens is 262 g/mol. The van der Waals surface area contributed by atoms with E-state index >= 15 is 0 Å². The summed E-state index contributed by atoms with van der Waals surface area (Å²) in [6.07, 6.45) is 0. The van der Waals surface area contributed by atoms with Crippen LogP contribution < -0.4 is 0 Å². The van der Waals surface area contributed by atoms with E-state index in [0.717, 1.165) is 15.6 Å². The van der Waals surface area contributed by atoms with E-state index in [0.29, 0.717) is 5.71 Å². The van der Waals surface area contributed by atoms with E-state index in [-0.39, 0.29) is 0 Å². The smallest absolute Gasteiger partial charge is 0.0695 e. The number of benzene rings is 2. The van der Waals surface area contributed by atoms with Gasteiger partial charge in [-0.05, 0) is 13.0 Å². The Morgan fingerprint density at radius 3 is 2.25 bits per heavy atom. The maximum Gasteiger partial charge on any atom is 0.0695 e. The normalized spacial score (nSPS) is 10.1. The molecular formula is C14H12BrN. The molecule has 0 aliphatic carbocycles. The Balaban J connectivity index is 2.40. The molecule has 0 saturated carbocycles. The maximum atomic E-state index is 8.15. The molecule has 0 aromatic heterocycles. The monoisotopic (exact) mass is 273 g/mol. The molecule has 2 rings (SSSR count). The zero-order valence-electron chi connectivity index (χ0n) is 9.00. The van der Waals surface area contributed by atoms with Crippen molar-refractivity contribution in [3.8, 4) is 0 Å². The lowest BCUT2D eigenvalue weighted by Crippen LogP contribution is -2.01. The topological polar surface area (TPSA) is 23.9 Å². The lowest BCUT2D eigenvalue weighted by atomic mass is 10.0. The highest BCUT2D eigenvalue weighted by molar-refractivity contribution is 9.10. The first-order valence-electron chi connectivity index (χ1n) is 5.09. The van der Waals surface area contributed by atoms with Crippen LogP contribution in [0.25, 0.3) is 0 Å². The number of hydrogen-bond acceptors (Lipinski definition) is 1. The highest BCUT2D eigenvalue weighted by atomic mass is 79.9. The molecule has 2 heteroatoms. The second-order valence-corrected chi connectivity index (χ2v) is 4.58. The van der Waals surface area contributed by atoms with Gasteiger partial charge in [-0.3, -0.25) is 5.41 Å². The van der Waals surface area contributed by atoms with Gasteiger partial charge in [-0.1, -0.05) is 64.0 Å². The molecule has 0 aliphatic rings. The summed E-state index contributed by atoms with van der Waals surface area (Å²) in [6.45, 7) is 2.05. The molecule has 80 valence electrons. The number of halogens is 1. The molecule has 0 bridgehead atoms. The quantitative estimate of drug-likeness (QED) is 0.794. The summed E-state index contributed by atoms with van der Waals surface area (Å²) in [6, 6.07) is 15.8. The van der Waals surface area contributed by atoms with Crippen molar-refractivity contribution in [2.24, 2.45) is 0 Å². The Morgan fingerprint density at radius 1 is 1.00 bits per heavy atom.